The van der Waals surface area contributed by atoms with Crippen LogP contribution >= 0.6 is 11.3 Å². The minimum Gasteiger partial charge on any atom is -0.356 e. The van der Waals surface area contributed by atoms with Crippen LogP contribution in [0.1, 0.15) is 48.7 Å². The molecule has 0 aliphatic rings. The van der Waals surface area contributed by atoms with E-state index in [9.17, 15) is 0 Å². The van der Waals surface area contributed by atoms with E-state index >= 15 is 0 Å². The fourth-order valence-corrected chi connectivity index (χ4v) is 2.94. The van der Waals surface area contributed by atoms with Gasteiger partial charge < -0.3 is 10.6 Å². The lowest BCUT2D eigenvalue weighted by Crippen LogP contribution is -2.39. The third-order valence-electron chi connectivity index (χ3n) is 3.81. The van der Waals surface area contributed by atoms with Crippen LogP contribution in [0.4, 0.5) is 0 Å². The molecule has 1 unspecified atom stereocenters. The first-order valence-corrected chi connectivity index (χ1v) is 9.54. The number of benzene rings is 1. The minimum absolute atomic E-state index is 0.377. The molecule has 0 spiro atoms. The third kappa shape index (κ3) is 6.32. The molecular formula is C19H28N4S. The second kappa shape index (κ2) is 10.1. The van der Waals surface area contributed by atoms with E-state index in [4.69, 9.17) is 4.99 Å². The molecule has 24 heavy (non-hydrogen) atoms. The summed E-state index contributed by atoms with van der Waals surface area (Å²) in [5, 5.41) is 10.1. The average molecular weight is 345 g/mol. The lowest BCUT2D eigenvalue weighted by Gasteiger charge is -2.15. The first kappa shape index (κ1) is 18.5. The number of guanidine groups is 1. The summed E-state index contributed by atoms with van der Waals surface area (Å²) in [6, 6.07) is 8.54. The molecule has 0 bridgehead atoms. The van der Waals surface area contributed by atoms with Crippen molar-refractivity contribution < 1.29 is 0 Å². The Labute approximate surface area is 149 Å². The monoisotopic (exact) mass is 344 g/mol. The topological polar surface area (TPSA) is 49.3 Å². The zero-order chi connectivity index (χ0) is 17.2. The quantitative estimate of drug-likeness (QED) is 0.431. The number of nitrogens with one attached hydrogen (secondary N) is 2. The van der Waals surface area contributed by atoms with Crippen LogP contribution in [-0.4, -0.2) is 24.0 Å². The molecule has 0 radical (unpaired) electrons. The van der Waals surface area contributed by atoms with Crippen LogP contribution in [-0.2, 0) is 6.54 Å². The highest BCUT2D eigenvalue weighted by molar-refractivity contribution is 7.09. The van der Waals surface area contributed by atoms with Gasteiger partial charge in [0.15, 0.2) is 5.96 Å². The normalized spacial score (nSPS) is 12.9. The Morgan fingerprint density at radius 3 is 2.71 bits per heavy atom. The summed E-state index contributed by atoms with van der Waals surface area (Å²) in [6.45, 7) is 8.96. The second-order valence-electron chi connectivity index (χ2n) is 6.08. The Hall–Kier alpha value is -1.88. The lowest BCUT2D eigenvalue weighted by molar-refractivity contribution is 0.679. The molecule has 130 valence electrons. The van der Waals surface area contributed by atoms with Crippen molar-refractivity contribution in [3.63, 3.8) is 0 Å². The number of hydrogen-bond donors (Lipinski definition) is 2. The number of unbranched alkanes of at least 4 members (excludes halogenated alkanes) is 1. The Kier molecular flexibility index (Phi) is 7.75. The fraction of sp³-hybridized carbons (Fsp3) is 0.474. The van der Waals surface area contributed by atoms with E-state index in [1.54, 1.807) is 11.3 Å². The summed E-state index contributed by atoms with van der Waals surface area (Å²) in [5.41, 5.74) is 2.50. The smallest absolute Gasteiger partial charge is 0.191 e. The van der Waals surface area contributed by atoms with Gasteiger partial charge in [-0.1, -0.05) is 50.1 Å². The van der Waals surface area contributed by atoms with Gasteiger partial charge in [0.25, 0.3) is 0 Å². The summed E-state index contributed by atoms with van der Waals surface area (Å²) in [7, 11) is 0. The first-order valence-electron chi connectivity index (χ1n) is 8.66. The van der Waals surface area contributed by atoms with Gasteiger partial charge in [0.05, 0.1) is 11.6 Å². The maximum Gasteiger partial charge on any atom is 0.191 e. The Morgan fingerprint density at radius 2 is 2.04 bits per heavy atom. The van der Waals surface area contributed by atoms with E-state index in [0.717, 1.165) is 30.5 Å². The minimum atomic E-state index is 0.377. The van der Waals surface area contributed by atoms with Crippen molar-refractivity contribution in [2.24, 2.45) is 4.99 Å². The molecule has 1 aromatic carbocycles. The van der Waals surface area contributed by atoms with Gasteiger partial charge in [-0.25, -0.2) is 9.98 Å². The average Bonchev–Trinajstić information content (AvgIpc) is 3.13. The maximum atomic E-state index is 4.73. The van der Waals surface area contributed by atoms with Gasteiger partial charge in [-0.2, -0.15) is 0 Å². The summed E-state index contributed by atoms with van der Waals surface area (Å²) < 4.78 is 0. The van der Waals surface area contributed by atoms with E-state index in [2.05, 4.69) is 60.7 Å². The molecule has 0 amide bonds. The highest BCUT2D eigenvalue weighted by atomic mass is 32.1. The van der Waals surface area contributed by atoms with Crippen molar-refractivity contribution in [3.05, 3.63) is 52.0 Å². The van der Waals surface area contributed by atoms with Crippen LogP contribution in [0.2, 0.25) is 0 Å². The third-order valence-corrected chi connectivity index (χ3v) is 4.82. The number of aryl methyl sites for hydroxylation is 1. The van der Waals surface area contributed by atoms with Gasteiger partial charge in [-0.3, -0.25) is 0 Å². The molecule has 5 heteroatoms. The van der Waals surface area contributed by atoms with Crippen LogP contribution in [0.3, 0.4) is 0 Å². The summed E-state index contributed by atoms with van der Waals surface area (Å²) in [6.07, 6.45) is 4.18. The molecule has 2 rings (SSSR count). The highest BCUT2D eigenvalue weighted by Crippen LogP contribution is 2.16. The molecule has 0 aliphatic heterocycles. The van der Waals surface area contributed by atoms with Gasteiger partial charge in [0, 0.05) is 30.6 Å². The Balaban J connectivity index is 1.92. The highest BCUT2D eigenvalue weighted by Gasteiger charge is 2.09. The van der Waals surface area contributed by atoms with E-state index in [1.807, 2.05) is 11.6 Å². The molecule has 1 heterocycles. The summed E-state index contributed by atoms with van der Waals surface area (Å²) in [4.78, 5) is 9.12. The molecule has 0 aliphatic carbocycles. The number of aromatic nitrogens is 1. The SMILES string of the molecule is CCCCNC(=NCc1ccc(C)cc1)NCC(C)c1nccs1. The van der Waals surface area contributed by atoms with Crippen molar-refractivity contribution in [2.75, 3.05) is 13.1 Å². The largest absolute Gasteiger partial charge is 0.356 e. The molecule has 0 saturated heterocycles. The zero-order valence-electron chi connectivity index (χ0n) is 14.9. The number of hydrogen-bond acceptors (Lipinski definition) is 3. The van der Waals surface area contributed by atoms with Crippen molar-refractivity contribution in [1.82, 2.24) is 15.6 Å². The van der Waals surface area contributed by atoms with Gasteiger partial charge in [-0.15, -0.1) is 11.3 Å². The maximum absolute atomic E-state index is 4.73. The Bertz CT molecular complexity index is 605. The predicted molar refractivity (Wildman–Crippen MR) is 104 cm³/mol. The number of rotatable bonds is 8. The molecular weight excluding hydrogens is 316 g/mol. The van der Waals surface area contributed by atoms with Crippen LogP contribution < -0.4 is 10.6 Å². The van der Waals surface area contributed by atoms with Crippen LogP contribution in [0.25, 0.3) is 0 Å². The van der Waals surface area contributed by atoms with Gasteiger partial charge in [0.1, 0.15) is 0 Å². The van der Waals surface area contributed by atoms with Crippen molar-refractivity contribution in [3.8, 4) is 0 Å². The van der Waals surface area contributed by atoms with Crippen LogP contribution in [0.5, 0.6) is 0 Å². The summed E-state index contributed by atoms with van der Waals surface area (Å²) in [5.74, 6) is 1.26. The number of thiazole rings is 1. The standard InChI is InChI=1S/C19H28N4S/c1-4-5-10-21-19(22-13-16(3)18-20-11-12-24-18)23-14-17-8-6-15(2)7-9-17/h6-9,11-12,16H,4-5,10,13-14H2,1-3H3,(H2,21,22,23). The molecule has 2 aromatic rings. The lowest BCUT2D eigenvalue weighted by atomic mass is 10.1. The van der Waals surface area contributed by atoms with Crippen molar-refractivity contribution in [1.29, 1.82) is 0 Å². The molecule has 2 N–H and O–H groups in total. The van der Waals surface area contributed by atoms with Gasteiger partial charge in [-0.05, 0) is 18.9 Å². The van der Waals surface area contributed by atoms with Gasteiger partial charge >= 0.3 is 0 Å². The van der Waals surface area contributed by atoms with E-state index < -0.39 is 0 Å². The van der Waals surface area contributed by atoms with E-state index in [0.29, 0.717) is 12.5 Å². The van der Waals surface area contributed by atoms with Crippen LogP contribution in [0, 0.1) is 6.92 Å². The molecule has 0 saturated carbocycles. The second-order valence-corrected chi connectivity index (χ2v) is 7.01. The van der Waals surface area contributed by atoms with Gasteiger partial charge in [0.2, 0.25) is 0 Å². The number of aliphatic imine (C=N–C) groups is 1. The predicted octanol–water partition coefficient (Wildman–Crippen LogP) is 4.09. The molecule has 0 fully saturated rings. The molecule has 4 nitrogen and oxygen atoms in total. The van der Waals surface area contributed by atoms with Crippen molar-refractivity contribution >= 4 is 17.3 Å². The van der Waals surface area contributed by atoms with Crippen molar-refractivity contribution in [2.45, 2.75) is 46.1 Å². The molecule has 1 atom stereocenters. The molecule has 1 aromatic heterocycles. The number of nitrogens with zero attached hydrogens (tertiary/aromatic N) is 2. The van der Waals surface area contributed by atoms with E-state index in [-0.39, 0.29) is 0 Å². The van der Waals surface area contributed by atoms with Crippen LogP contribution in [0.15, 0.2) is 40.8 Å². The Morgan fingerprint density at radius 1 is 1.25 bits per heavy atom. The zero-order valence-corrected chi connectivity index (χ0v) is 15.7. The first-order chi connectivity index (χ1) is 11.7. The fourth-order valence-electron chi connectivity index (χ4n) is 2.24. The summed E-state index contributed by atoms with van der Waals surface area (Å²) >= 11 is 1.70. The van der Waals surface area contributed by atoms with E-state index in [1.165, 1.54) is 17.5 Å².